The lowest BCUT2D eigenvalue weighted by Crippen LogP contribution is -2.37. The Balaban J connectivity index is 1.94. The molecule has 0 aromatic heterocycles. The second-order valence-corrected chi connectivity index (χ2v) is 5.83. The molecule has 0 saturated heterocycles. The Labute approximate surface area is 136 Å². The molecule has 0 saturated carbocycles. The number of nitrogens with zero attached hydrogens (tertiary/aromatic N) is 1. The van der Waals surface area contributed by atoms with Crippen molar-refractivity contribution in [2.75, 3.05) is 7.05 Å². The quantitative estimate of drug-likeness (QED) is 0.831. The number of hydrogen-bond acceptors (Lipinski definition) is 2. The first kappa shape index (κ1) is 16.4. The molecule has 2 rings (SSSR count). The molecular formula is C18H20ClNO2. The molecule has 2 aromatic rings. The number of halogens is 1. The van der Waals surface area contributed by atoms with E-state index in [-0.39, 0.29) is 5.91 Å². The Morgan fingerprint density at radius 2 is 1.73 bits per heavy atom. The molecule has 116 valence electrons. The van der Waals surface area contributed by atoms with Crippen LogP contribution in [-0.2, 0) is 11.3 Å². The van der Waals surface area contributed by atoms with Gasteiger partial charge in [-0.05, 0) is 43.7 Å². The molecule has 4 heteroatoms. The van der Waals surface area contributed by atoms with E-state index in [0.717, 1.165) is 11.1 Å². The van der Waals surface area contributed by atoms with Gasteiger partial charge in [0, 0.05) is 18.6 Å². The predicted molar refractivity (Wildman–Crippen MR) is 89.2 cm³/mol. The van der Waals surface area contributed by atoms with E-state index in [1.54, 1.807) is 18.9 Å². The fourth-order valence-electron chi connectivity index (χ4n) is 2.12. The van der Waals surface area contributed by atoms with Crippen molar-refractivity contribution in [2.24, 2.45) is 0 Å². The number of amides is 1. The van der Waals surface area contributed by atoms with Crippen molar-refractivity contribution in [2.45, 2.75) is 26.5 Å². The van der Waals surface area contributed by atoms with Crippen LogP contribution in [0.5, 0.6) is 5.75 Å². The first-order chi connectivity index (χ1) is 10.5. The number of aryl methyl sites for hydroxylation is 1. The minimum Gasteiger partial charge on any atom is -0.481 e. The van der Waals surface area contributed by atoms with E-state index in [4.69, 9.17) is 16.3 Å². The second kappa shape index (κ2) is 7.32. The van der Waals surface area contributed by atoms with Crippen LogP contribution in [-0.4, -0.2) is 24.0 Å². The molecule has 0 radical (unpaired) electrons. The first-order valence-corrected chi connectivity index (χ1v) is 7.56. The van der Waals surface area contributed by atoms with Crippen LogP contribution < -0.4 is 4.74 Å². The Morgan fingerprint density at radius 3 is 2.32 bits per heavy atom. The van der Waals surface area contributed by atoms with Crippen LogP contribution in [0, 0.1) is 6.92 Å². The van der Waals surface area contributed by atoms with Gasteiger partial charge in [0.2, 0.25) is 0 Å². The zero-order valence-electron chi connectivity index (χ0n) is 13.0. The molecular weight excluding hydrogens is 298 g/mol. The van der Waals surface area contributed by atoms with E-state index in [9.17, 15) is 4.79 Å². The third-order valence-corrected chi connectivity index (χ3v) is 3.64. The summed E-state index contributed by atoms with van der Waals surface area (Å²) in [6.45, 7) is 4.30. The molecule has 0 fully saturated rings. The normalized spacial score (nSPS) is 11.8. The number of carbonyl (C=O) groups excluding carboxylic acids is 1. The first-order valence-electron chi connectivity index (χ1n) is 7.18. The number of hydrogen-bond donors (Lipinski definition) is 0. The van der Waals surface area contributed by atoms with Gasteiger partial charge in [0.1, 0.15) is 5.75 Å². The standard InChI is InChI=1S/C18H20ClNO2/c1-13-4-10-17(11-5-13)22-14(2)18(21)20(3)12-15-6-8-16(19)9-7-15/h4-11,14H,12H2,1-3H3/t14-/m1/s1. The zero-order valence-corrected chi connectivity index (χ0v) is 13.8. The minimum atomic E-state index is -0.528. The summed E-state index contributed by atoms with van der Waals surface area (Å²) in [6.07, 6.45) is -0.528. The van der Waals surface area contributed by atoms with E-state index < -0.39 is 6.10 Å². The monoisotopic (exact) mass is 317 g/mol. The SMILES string of the molecule is Cc1ccc(O[C@H](C)C(=O)N(C)Cc2ccc(Cl)cc2)cc1. The van der Waals surface area contributed by atoms with E-state index in [1.165, 1.54) is 0 Å². The number of likely N-dealkylation sites (N-methyl/N-ethyl adjacent to an activating group) is 1. The van der Waals surface area contributed by atoms with Crippen LogP contribution in [0.25, 0.3) is 0 Å². The van der Waals surface area contributed by atoms with Crippen molar-refractivity contribution in [3.05, 3.63) is 64.7 Å². The lowest BCUT2D eigenvalue weighted by Gasteiger charge is -2.22. The van der Waals surface area contributed by atoms with Gasteiger partial charge in [0.05, 0.1) is 0 Å². The van der Waals surface area contributed by atoms with Crippen molar-refractivity contribution in [1.82, 2.24) is 4.90 Å². The largest absolute Gasteiger partial charge is 0.481 e. The van der Waals surface area contributed by atoms with Crippen LogP contribution in [0.15, 0.2) is 48.5 Å². The lowest BCUT2D eigenvalue weighted by atomic mass is 10.2. The summed E-state index contributed by atoms with van der Waals surface area (Å²) < 4.78 is 5.70. The smallest absolute Gasteiger partial charge is 0.263 e. The molecule has 3 nitrogen and oxygen atoms in total. The Hall–Kier alpha value is -2.00. The van der Waals surface area contributed by atoms with E-state index >= 15 is 0 Å². The highest BCUT2D eigenvalue weighted by molar-refractivity contribution is 6.30. The van der Waals surface area contributed by atoms with Crippen molar-refractivity contribution in [3.8, 4) is 5.75 Å². The molecule has 0 bridgehead atoms. The lowest BCUT2D eigenvalue weighted by molar-refractivity contribution is -0.137. The molecule has 0 unspecified atom stereocenters. The molecule has 1 atom stereocenters. The average molecular weight is 318 g/mol. The summed E-state index contributed by atoms with van der Waals surface area (Å²) in [4.78, 5) is 14.0. The van der Waals surface area contributed by atoms with Crippen molar-refractivity contribution in [3.63, 3.8) is 0 Å². The molecule has 22 heavy (non-hydrogen) atoms. The van der Waals surface area contributed by atoms with E-state index in [0.29, 0.717) is 17.3 Å². The minimum absolute atomic E-state index is 0.0597. The topological polar surface area (TPSA) is 29.5 Å². The summed E-state index contributed by atoms with van der Waals surface area (Å²) >= 11 is 5.86. The van der Waals surface area contributed by atoms with Crippen LogP contribution in [0.2, 0.25) is 5.02 Å². The van der Waals surface area contributed by atoms with Crippen LogP contribution in [0.4, 0.5) is 0 Å². The summed E-state index contributed by atoms with van der Waals surface area (Å²) in [5.74, 6) is 0.641. The van der Waals surface area contributed by atoms with Gasteiger partial charge in [0.25, 0.3) is 5.91 Å². The van der Waals surface area contributed by atoms with E-state index in [1.807, 2.05) is 55.5 Å². The molecule has 1 amide bonds. The molecule has 0 heterocycles. The zero-order chi connectivity index (χ0) is 16.1. The average Bonchev–Trinajstić information content (AvgIpc) is 2.51. The highest BCUT2D eigenvalue weighted by Crippen LogP contribution is 2.15. The fourth-order valence-corrected chi connectivity index (χ4v) is 2.25. The summed E-state index contributed by atoms with van der Waals surface area (Å²) in [5, 5.41) is 0.689. The highest BCUT2D eigenvalue weighted by Gasteiger charge is 2.19. The van der Waals surface area contributed by atoms with Crippen LogP contribution >= 0.6 is 11.6 Å². The Kier molecular flexibility index (Phi) is 5.45. The summed E-state index contributed by atoms with van der Waals surface area (Å²) in [5.41, 5.74) is 2.19. The predicted octanol–water partition coefficient (Wildman–Crippen LogP) is 4.07. The van der Waals surface area contributed by atoms with Crippen LogP contribution in [0.1, 0.15) is 18.1 Å². The maximum absolute atomic E-state index is 12.4. The molecule has 0 aliphatic heterocycles. The summed E-state index contributed by atoms with van der Waals surface area (Å²) in [6, 6.07) is 15.1. The second-order valence-electron chi connectivity index (χ2n) is 5.39. The third kappa shape index (κ3) is 4.50. The van der Waals surface area contributed by atoms with Crippen molar-refractivity contribution >= 4 is 17.5 Å². The van der Waals surface area contributed by atoms with Gasteiger partial charge < -0.3 is 9.64 Å². The molecule has 0 aliphatic carbocycles. The number of ether oxygens (including phenoxy) is 1. The third-order valence-electron chi connectivity index (χ3n) is 3.39. The maximum Gasteiger partial charge on any atom is 0.263 e. The van der Waals surface area contributed by atoms with Gasteiger partial charge in [-0.2, -0.15) is 0 Å². The number of carbonyl (C=O) groups is 1. The maximum atomic E-state index is 12.4. The highest BCUT2D eigenvalue weighted by atomic mass is 35.5. The summed E-state index contributed by atoms with van der Waals surface area (Å²) in [7, 11) is 1.77. The van der Waals surface area contributed by atoms with Crippen molar-refractivity contribution < 1.29 is 9.53 Å². The van der Waals surface area contributed by atoms with Gasteiger partial charge in [-0.3, -0.25) is 4.79 Å². The van der Waals surface area contributed by atoms with Crippen molar-refractivity contribution in [1.29, 1.82) is 0 Å². The Bertz CT molecular complexity index is 567. The molecule has 0 spiro atoms. The van der Waals surface area contributed by atoms with Gasteiger partial charge in [0.15, 0.2) is 6.10 Å². The number of benzene rings is 2. The van der Waals surface area contributed by atoms with Gasteiger partial charge in [-0.15, -0.1) is 0 Å². The molecule has 0 N–H and O–H groups in total. The van der Waals surface area contributed by atoms with Crippen LogP contribution in [0.3, 0.4) is 0 Å². The van der Waals surface area contributed by atoms with E-state index in [2.05, 4.69) is 0 Å². The Morgan fingerprint density at radius 1 is 1.14 bits per heavy atom. The van der Waals surface area contributed by atoms with Gasteiger partial charge in [-0.25, -0.2) is 0 Å². The van der Waals surface area contributed by atoms with Gasteiger partial charge in [-0.1, -0.05) is 41.4 Å². The number of rotatable bonds is 5. The fraction of sp³-hybridized carbons (Fsp3) is 0.278. The molecule has 0 aliphatic rings. The van der Waals surface area contributed by atoms with Gasteiger partial charge >= 0.3 is 0 Å². The molecule has 2 aromatic carbocycles.